The molecule has 4 aromatic rings. The number of furan rings is 1. The Hall–Kier alpha value is -3.63. The molecule has 0 unspecified atom stereocenters. The first-order chi connectivity index (χ1) is 16.5. The second-order valence-corrected chi connectivity index (χ2v) is 9.25. The molecule has 0 saturated carbocycles. The Kier molecular flexibility index (Phi) is 6.08. The van der Waals surface area contributed by atoms with Crippen LogP contribution in [0.15, 0.2) is 101 Å². The molecule has 1 fully saturated rings. The monoisotopic (exact) mass is 451 g/mol. The number of hydrogen-bond donors (Lipinski definition) is 0. The van der Waals surface area contributed by atoms with Crippen LogP contribution in [0.4, 0.5) is 0 Å². The highest BCUT2D eigenvalue weighted by molar-refractivity contribution is 5.80. The van der Waals surface area contributed by atoms with Crippen LogP contribution >= 0.6 is 0 Å². The van der Waals surface area contributed by atoms with Crippen LogP contribution in [0.3, 0.4) is 0 Å². The molecule has 0 aliphatic carbocycles. The zero-order chi connectivity index (χ0) is 23.5. The average molecular weight is 452 g/mol. The summed E-state index contributed by atoms with van der Waals surface area (Å²) in [5.74, 6) is 1.44. The molecule has 5 rings (SSSR count). The van der Waals surface area contributed by atoms with Crippen molar-refractivity contribution in [2.45, 2.75) is 38.5 Å². The fraction of sp³-hybridized carbons (Fsp3) is 0.233. The molecule has 0 spiro atoms. The van der Waals surface area contributed by atoms with E-state index in [-0.39, 0.29) is 18.4 Å². The zero-order valence-electron chi connectivity index (χ0n) is 19.6. The predicted molar refractivity (Wildman–Crippen MR) is 134 cm³/mol. The molecule has 1 aliphatic rings. The van der Waals surface area contributed by atoms with E-state index in [0.717, 1.165) is 23.3 Å². The van der Waals surface area contributed by atoms with Gasteiger partial charge in [-0.3, -0.25) is 4.79 Å². The quantitative estimate of drug-likeness (QED) is 0.342. The molecule has 1 atom stereocenters. The normalized spacial score (nSPS) is 17.1. The topological polar surface area (TPSA) is 42.7 Å². The van der Waals surface area contributed by atoms with Crippen LogP contribution in [0.5, 0.6) is 0 Å². The Morgan fingerprint density at radius 3 is 2.15 bits per heavy atom. The van der Waals surface area contributed by atoms with Gasteiger partial charge in [0, 0.05) is 5.56 Å². The summed E-state index contributed by atoms with van der Waals surface area (Å²) < 4.78 is 12.1. The number of carbonyl (C=O) groups is 1. The summed E-state index contributed by atoms with van der Waals surface area (Å²) in [6, 6.07) is 32.7. The lowest BCUT2D eigenvalue weighted by molar-refractivity contribution is -0.145. The molecule has 172 valence electrons. The molecule has 1 amide bonds. The minimum atomic E-state index is -0.640. The van der Waals surface area contributed by atoms with Gasteiger partial charge in [-0.05, 0) is 49.1 Å². The van der Waals surface area contributed by atoms with E-state index in [9.17, 15) is 4.79 Å². The first-order valence-corrected chi connectivity index (χ1v) is 11.7. The fourth-order valence-electron chi connectivity index (χ4n) is 4.74. The van der Waals surface area contributed by atoms with Gasteiger partial charge >= 0.3 is 0 Å². The Morgan fingerprint density at radius 1 is 0.824 bits per heavy atom. The summed E-state index contributed by atoms with van der Waals surface area (Å²) in [4.78, 5) is 15.2. The van der Waals surface area contributed by atoms with Crippen molar-refractivity contribution >= 4 is 5.91 Å². The smallest absolute Gasteiger partial charge is 0.232 e. The SMILES string of the molecule is CC1(C)OC[C@H](Cc2ccccc2)N1C(=O)Cc1ccc(-c2ccc(-c3ccccc3)cc2)o1. The maximum Gasteiger partial charge on any atom is 0.232 e. The van der Waals surface area contributed by atoms with Crippen molar-refractivity contribution in [1.82, 2.24) is 4.90 Å². The van der Waals surface area contributed by atoms with Gasteiger partial charge in [-0.2, -0.15) is 0 Å². The molecule has 0 N–H and O–H groups in total. The third kappa shape index (κ3) is 4.68. The van der Waals surface area contributed by atoms with Crippen LogP contribution in [0.2, 0.25) is 0 Å². The summed E-state index contributed by atoms with van der Waals surface area (Å²) in [7, 11) is 0. The van der Waals surface area contributed by atoms with Gasteiger partial charge in [0.05, 0.1) is 19.1 Å². The lowest BCUT2D eigenvalue weighted by atomic mass is 10.0. The van der Waals surface area contributed by atoms with E-state index in [2.05, 4.69) is 48.5 Å². The molecule has 34 heavy (non-hydrogen) atoms. The largest absolute Gasteiger partial charge is 0.461 e. The van der Waals surface area contributed by atoms with Crippen molar-refractivity contribution in [3.05, 3.63) is 108 Å². The average Bonchev–Trinajstić information content (AvgIpc) is 3.44. The molecule has 2 heterocycles. The van der Waals surface area contributed by atoms with Crippen LogP contribution in [0.1, 0.15) is 25.2 Å². The van der Waals surface area contributed by atoms with Gasteiger partial charge in [0.2, 0.25) is 5.91 Å². The standard InChI is InChI=1S/C30H29NO3/c1-30(2)31(26(21-33-30)19-22-9-5-3-6-10-22)29(32)20-27-17-18-28(34-27)25-15-13-24(14-16-25)23-11-7-4-8-12-23/h3-18,26H,19-21H2,1-2H3/t26-/m0/s1. The van der Waals surface area contributed by atoms with Crippen molar-refractivity contribution in [3.63, 3.8) is 0 Å². The lowest BCUT2D eigenvalue weighted by Gasteiger charge is -2.33. The summed E-state index contributed by atoms with van der Waals surface area (Å²) in [5, 5.41) is 0. The molecule has 1 aromatic heterocycles. The Balaban J connectivity index is 1.29. The van der Waals surface area contributed by atoms with Crippen molar-refractivity contribution in [3.8, 4) is 22.5 Å². The Morgan fingerprint density at radius 2 is 1.44 bits per heavy atom. The van der Waals surface area contributed by atoms with E-state index < -0.39 is 5.72 Å². The highest BCUT2D eigenvalue weighted by Crippen LogP contribution is 2.31. The van der Waals surface area contributed by atoms with Crippen LogP contribution < -0.4 is 0 Å². The molecular formula is C30H29NO3. The van der Waals surface area contributed by atoms with Crippen molar-refractivity contribution in [1.29, 1.82) is 0 Å². The van der Waals surface area contributed by atoms with E-state index in [4.69, 9.17) is 9.15 Å². The van der Waals surface area contributed by atoms with Gasteiger partial charge < -0.3 is 14.1 Å². The van der Waals surface area contributed by atoms with Crippen molar-refractivity contribution in [2.24, 2.45) is 0 Å². The molecule has 0 bridgehead atoms. The van der Waals surface area contributed by atoms with Crippen LogP contribution in [-0.2, 0) is 22.4 Å². The van der Waals surface area contributed by atoms with Crippen LogP contribution in [0.25, 0.3) is 22.5 Å². The fourth-order valence-corrected chi connectivity index (χ4v) is 4.74. The summed E-state index contributed by atoms with van der Waals surface area (Å²) in [5.41, 5.74) is 3.89. The van der Waals surface area contributed by atoms with Gasteiger partial charge in [0.25, 0.3) is 0 Å². The third-order valence-electron chi connectivity index (χ3n) is 6.42. The van der Waals surface area contributed by atoms with Gasteiger partial charge in [-0.15, -0.1) is 0 Å². The predicted octanol–water partition coefficient (Wildman–Crippen LogP) is 6.36. The Bertz CT molecular complexity index is 1240. The third-order valence-corrected chi connectivity index (χ3v) is 6.42. The van der Waals surface area contributed by atoms with E-state index in [0.29, 0.717) is 12.4 Å². The van der Waals surface area contributed by atoms with Crippen molar-refractivity contribution < 1.29 is 13.9 Å². The number of hydrogen-bond acceptors (Lipinski definition) is 3. The van der Waals surface area contributed by atoms with Gasteiger partial charge in [0.1, 0.15) is 17.2 Å². The number of ether oxygens (including phenoxy) is 1. The first kappa shape index (κ1) is 22.2. The first-order valence-electron chi connectivity index (χ1n) is 11.7. The van der Waals surface area contributed by atoms with E-state index in [1.165, 1.54) is 11.1 Å². The number of amides is 1. The minimum Gasteiger partial charge on any atom is -0.461 e. The highest BCUT2D eigenvalue weighted by Gasteiger charge is 2.43. The molecule has 4 heteroatoms. The van der Waals surface area contributed by atoms with Crippen molar-refractivity contribution in [2.75, 3.05) is 6.61 Å². The summed E-state index contributed by atoms with van der Waals surface area (Å²) in [6.45, 7) is 4.44. The van der Waals surface area contributed by atoms with E-state index in [1.807, 2.05) is 67.3 Å². The molecule has 3 aromatic carbocycles. The molecular weight excluding hydrogens is 422 g/mol. The van der Waals surface area contributed by atoms with E-state index in [1.54, 1.807) is 0 Å². The highest BCUT2D eigenvalue weighted by atomic mass is 16.5. The van der Waals surface area contributed by atoms with Crippen LogP contribution in [-0.4, -0.2) is 29.2 Å². The van der Waals surface area contributed by atoms with Gasteiger partial charge in [-0.25, -0.2) is 0 Å². The maximum absolute atomic E-state index is 13.4. The second-order valence-electron chi connectivity index (χ2n) is 9.25. The number of carbonyl (C=O) groups excluding carboxylic acids is 1. The lowest BCUT2D eigenvalue weighted by Crippen LogP contribution is -2.49. The number of nitrogens with zero attached hydrogens (tertiary/aromatic N) is 1. The zero-order valence-corrected chi connectivity index (χ0v) is 19.6. The second kappa shape index (κ2) is 9.32. The molecule has 0 radical (unpaired) electrons. The molecule has 4 nitrogen and oxygen atoms in total. The molecule has 1 aliphatic heterocycles. The van der Waals surface area contributed by atoms with Gasteiger partial charge in [-0.1, -0.05) is 84.9 Å². The number of benzene rings is 3. The maximum atomic E-state index is 13.4. The summed E-state index contributed by atoms with van der Waals surface area (Å²) in [6.07, 6.45) is 0.980. The number of rotatable bonds is 6. The summed E-state index contributed by atoms with van der Waals surface area (Å²) >= 11 is 0. The Labute approximate surface area is 200 Å². The van der Waals surface area contributed by atoms with E-state index >= 15 is 0 Å². The van der Waals surface area contributed by atoms with Gasteiger partial charge in [0.15, 0.2) is 0 Å². The van der Waals surface area contributed by atoms with Crippen LogP contribution in [0, 0.1) is 0 Å². The minimum absolute atomic E-state index is 0.00450. The molecule has 1 saturated heterocycles.